The Labute approximate surface area is 208 Å². The summed E-state index contributed by atoms with van der Waals surface area (Å²) in [6.45, 7) is 9.53. The molecule has 35 heavy (non-hydrogen) atoms. The minimum absolute atomic E-state index is 0.0549. The molecule has 3 rings (SSSR count). The van der Waals surface area contributed by atoms with Crippen molar-refractivity contribution in [1.82, 2.24) is 9.80 Å². The number of benzene rings is 2. The van der Waals surface area contributed by atoms with Gasteiger partial charge in [-0.05, 0) is 63.5 Å². The standard InChI is InChI=1S/C29H37FN2O3/c1-4-6-17-31(18-7-5-2)19-8-20-32-26(22-13-15-24(30)16-14-22)25(28(34)29(32)35)27(33)23-11-9-21(3)10-12-23/h9-16,26,33H,4-8,17-20H2,1-3H3/t26-/m1/s1. The number of hydrogen-bond donors (Lipinski definition) is 1. The minimum atomic E-state index is -0.753. The summed E-state index contributed by atoms with van der Waals surface area (Å²) in [5, 5.41) is 11.1. The lowest BCUT2D eigenvalue weighted by Gasteiger charge is -2.27. The van der Waals surface area contributed by atoms with Crippen molar-refractivity contribution in [2.75, 3.05) is 26.2 Å². The number of Topliss-reactive ketones (excluding diaryl/α,β-unsaturated/α-hetero) is 1. The van der Waals surface area contributed by atoms with Gasteiger partial charge < -0.3 is 14.9 Å². The fourth-order valence-electron chi connectivity index (χ4n) is 4.53. The maximum Gasteiger partial charge on any atom is 0.295 e. The molecule has 1 amide bonds. The summed E-state index contributed by atoms with van der Waals surface area (Å²) < 4.78 is 13.7. The molecule has 0 bridgehead atoms. The van der Waals surface area contributed by atoms with E-state index in [4.69, 9.17) is 0 Å². The van der Waals surface area contributed by atoms with Gasteiger partial charge in [0.1, 0.15) is 11.6 Å². The molecule has 188 valence electrons. The summed E-state index contributed by atoms with van der Waals surface area (Å²) in [7, 11) is 0. The molecule has 2 aromatic carbocycles. The molecule has 1 aliphatic rings. The number of hydrogen-bond acceptors (Lipinski definition) is 4. The molecule has 5 nitrogen and oxygen atoms in total. The van der Waals surface area contributed by atoms with Crippen molar-refractivity contribution in [2.24, 2.45) is 0 Å². The molecule has 2 aromatic rings. The lowest BCUT2D eigenvalue weighted by atomic mass is 9.95. The fraction of sp³-hybridized carbons (Fsp3) is 0.448. The number of ketones is 1. The molecular weight excluding hydrogens is 443 g/mol. The fourth-order valence-corrected chi connectivity index (χ4v) is 4.53. The molecule has 1 fully saturated rings. The molecule has 1 saturated heterocycles. The molecule has 1 N–H and O–H groups in total. The Morgan fingerprint density at radius 1 is 0.914 bits per heavy atom. The number of unbranched alkanes of at least 4 members (excludes halogenated alkanes) is 2. The van der Waals surface area contributed by atoms with Gasteiger partial charge >= 0.3 is 0 Å². The van der Waals surface area contributed by atoms with Crippen molar-refractivity contribution >= 4 is 17.4 Å². The van der Waals surface area contributed by atoms with E-state index in [0.29, 0.717) is 24.1 Å². The van der Waals surface area contributed by atoms with Crippen molar-refractivity contribution in [2.45, 2.75) is 58.9 Å². The van der Waals surface area contributed by atoms with E-state index in [1.165, 1.54) is 17.0 Å². The van der Waals surface area contributed by atoms with Crippen LogP contribution in [0.5, 0.6) is 0 Å². The van der Waals surface area contributed by atoms with E-state index in [2.05, 4.69) is 18.7 Å². The maximum atomic E-state index is 13.7. The number of amides is 1. The highest BCUT2D eigenvalue weighted by Crippen LogP contribution is 2.39. The lowest BCUT2D eigenvalue weighted by Crippen LogP contribution is -2.34. The Balaban J connectivity index is 1.90. The van der Waals surface area contributed by atoms with Gasteiger partial charge in [-0.2, -0.15) is 0 Å². The number of aliphatic hydroxyl groups is 1. The van der Waals surface area contributed by atoms with Crippen LogP contribution in [0.2, 0.25) is 0 Å². The first kappa shape index (κ1) is 26.6. The molecule has 0 radical (unpaired) electrons. The van der Waals surface area contributed by atoms with Gasteiger partial charge in [-0.1, -0.05) is 68.7 Å². The topological polar surface area (TPSA) is 60.9 Å². The van der Waals surface area contributed by atoms with Gasteiger partial charge in [0.15, 0.2) is 0 Å². The quantitative estimate of drug-likeness (QED) is 0.235. The third kappa shape index (κ3) is 6.57. The Bertz CT molecular complexity index is 1020. The van der Waals surface area contributed by atoms with Crippen LogP contribution in [0.25, 0.3) is 5.76 Å². The first-order valence-electron chi connectivity index (χ1n) is 12.7. The molecule has 1 heterocycles. The molecule has 0 spiro atoms. The first-order chi connectivity index (χ1) is 16.9. The van der Waals surface area contributed by atoms with Crippen molar-refractivity contribution < 1.29 is 19.1 Å². The zero-order valence-corrected chi connectivity index (χ0v) is 21.1. The second kappa shape index (κ2) is 12.6. The van der Waals surface area contributed by atoms with Crippen LogP contribution in [-0.2, 0) is 9.59 Å². The van der Waals surface area contributed by atoms with Crippen LogP contribution in [0.3, 0.4) is 0 Å². The summed E-state index contributed by atoms with van der Waals surface area (Å²) in [5.41, 5.74) is 2.16. The predicted octanol–water partition coefficient (Wildman–Crippen LogP) is 5.85. The molecule has 0 aromatic heterocycles. The highest BCUT2D eigenvalue weighted by molar-refractivity contribution is 6.46. The van der Waals surface area contributed by atoms with Crippen LogP contribution < -0.4 is 0 Å². The second-order valence-electron chi connectivity index (χ2n) is 9.31. The van der Waals surface area contributed by atoms with Gasteiger partial charge in [-0.3, -0.25) is 9.59 Å². The number of rotatable bonds is 12. The molecular formula is C29H37FN2O3. The number of carbonyl (C=O) groups excluding carboxylic acids is 2. The molecule has 6 heteroatoms. The number of aliphatic hydroxyl groups excluding tert-OH is 1. The van der Waals surface area contributed by atoms with Gasteiger partial charge in [0.05, 0.1) is 11.6 Å². The van der Waals surface area contributed by atoms with Gasteiger partial charge in [0.25, 0.3) is 11.7 Å². The van der Waals surface area contributed by atoms with E-state index < -0.39 is 23.5 Å². The number of aryl methyl sites for hydroxylation is 1. The molecule has 0 saturated carbocycles. The van der Waals surface area contributed by atoms with Crippen LogP contribution in [0.15, 0.2) is 54.1 Å². The molecule has 0 unspecified atom stereocenters. The average Bonchev–Trinajstić information content (AvgIpc) is 3.10. The third-order valence-electron chi connectivity index (χ3n) is 6.58. The third-order valence-corrected chi connectivity index (χ3v) is 6.58. The number of halogens is 1. The molecule has 1 aliphatic heterocycles. The monoisotopic (exact) mass is 480 g/mol. The Hall–Kier alpha value is -2.99. The van der Waals surface area contributed by atoms with Gasteiger partial charge in [-0.25, -0.2) is 4.39 Å². The van der Waals surface area contributed by atoms with E-state index in [9.17, 15) is 19.1 Å². The number of likely N-dealkylation sites (tertiary alicyclic amines) is 1. The zero-order chi connectivity index (χ0) is 25.4. The largest absolute Gasteiger partial charge is 0.507 e. The van der Waals surface area contributed by atoms with Crippen LogP contribution in [0.1, 0.15) is 68.7 Å². The van der Waals surface area contributed by atoms with E-state index in [1.807, 2.05) is 19.1 Å². The smallest absolute Gasteiger partial charge is 0.295 e. The highest BCUT2D eigenvalue weighted by Gasteiger charge is 2.45. The van der Waals surface area contributed by atoms with E-state index >= 15 is 0 Å². The van der Waals surface area contributed by atoms with Crippen LogP contribution in [0.4, 0.5) is 4.39 Å². The Morgan fingerprint density at radius 2 is 1.49 bits per heavy atom. The summed E-state index contributed by atoms with van der Waals surface area (Å²) in [4.78, 5) is 30.2. The highest BCUT2D eigenvalue weighted by atomic mass is 19.1. The van der Waals surface area contributed by atoms with E-state index in [1.54, 1.807) is 24.3 Å². The van der Waals surface area contributed by atoms with Gasteiger partial charge in [0, 0.05) is 12.1 Å². The van der Waals surface area contributed by atoms with Crippen molar-refractivity contribution in [3.8, 4) is 0 Å². The second-order valence-corrected chi connectivity index (χ2v) is 9.31. The molecule has 0 aliphatic carbocycles. The molecule has 1 atom stereocenters. The summed E-state index contributed by atoms with van der Waals surface area (Å²) >= 11 is 0. The van der Waals surface area contributed by atoms with Gasteiger partial charge in [0.2, 0.25) is 0 Å². The zero-order valence-electron chi connectivity index (χ0n) is 21.1. The SMILES string of the molecule is CCCCN(CCCC)CCCN1C(=O)C(=O)C(=C(O)c2ccc(C)cc2)[C@H]1c1ccc(F)cc1. The van der Waals surface area contributed by atoms with Crippen molar-refractivity contribution in [1.29, 1.82) is 0 Å². The Morgan fingerprint density at radius 3 is 2.06 bits per heavy atom. The average molecular weight is 481 g/mol. The van der Waals surface area contributed by atoms with Crippen LogP contribution in [0, 0.1) is 12.7 Å². The van der Waals surface area contributed by atoms with Crippen LogP contribution >= 0.6 is 0 Å². The predicted molar refractivity (Wildman–Crippen MR) is 137 cm³/mol. The Kier molecular flexibility index (Phi) is 9.61. The van der Waals surface area contributed by atoms with Crippen LogP contribution in [-0.4, -0.2) is 52.8 Å². The summed E-state index contributed by atoms with van der Waals surface area (Å²) in [6, 6.07) is 12.2. The lowest BCUT2D eigenvalue weighted by molar-refractivity contribution is -0.140. The summed E-state index contributed by atoms with van der Waals surface area (Å²) in [5.74, 6) is -1.92. The normalized spacial score (nSPS) is 17.5. The van der Waals surface area contributed by atoms with E-state index in [-0.39, 0.29) is 11.3 Å². The van der Waals surface area contributed by atoms with E-state index in [0.717, 1.165) is 50.9 Å². The maximum absolute atomic E-state index is 13.7. The first-order valence-corrected chi connectivity index (χ1v) is 12.7. The number of nitrogens with zero attached hydrogens (tertiary/aromatic N) is 2. The van der Waals surface area contributed by atoms with Crippen molar-refractivity contribution in [3.05, 3.63) is 76.6 Å². The van der Waals surface area contributed by atoms with Crippen molar-refractivity contribution in [3.63, 3.8) is 0 Å². The minimum Gasteiger partial charge on any atom is -0.507 e. The van der Waals surface area contributed by atoms with Gasteiger partial charge in [-0.15, -0.1) is 0 Å². The summed E-state index contributed by atoms with van der Waals surface area (Å²) in [6.07, 6.45) is 5.21. The number of carbonyl (C=O) groups is 2.